The molecule has 1 aromatic carbocycles. The Morgan fingerprint density at radius 2 is 2.20 bits per heavy atom. The lowest BCUT2D eigenvalue weighted by Gasteiger charge is -1.95. The number of carbonyl (C=O) groups excluding carboxylic acids is 1. The van der Waals surface area contributed by atoms with Crippen LogP contribution in [0.25, 0.3) is 11.0 Å². The first-order valence-electron chi connectivity index (χ1n) is 5.93. The van der Waals surface area contributed by atoms with Crippen LogP contribution in [-0.2, 0) is 4.74 Å². The maximum atomic E-state index is 11.6. The molecule has 0 aliphatic carbocycles. The largest absolute Gasteiger partial charge is 0.460 e. The third kappa shape index (κ3) is 3.14. The van der Waals surface area contributed by atoms with Gasteiger partial charge in [0.25, 0.3) is 0 Å². The summed E-state index contributed by atoms with van der Waals surface area (Å²) in [6, 6.07) is 6.92. The summed E-state index contributed by atoms with van der Waals surface area (Å²) >= 11 is 0. The van der Waals surface area contributed by atoms with Crippen molar-refractivity contribution in [3.05, 3.63) is 35.6 Å². The quantitative estimate of drug-likeness (QED) is 0.376. The van der Waals surface area contributed by atoms with E-state index in [0.29, 0.717) is 12.2 Å². The fourth-order valence-corrected chi connectivity index (χ4v) is 1.61. The molecule has 20 heavy (non-hydrogen) atoms. The normalized spacial score (nSPS) is 10.8. The van der Waals surface area contributed by atoms with Crippen molar-refractivity contribution >= 4 is 29.1 Å². The van der Waals surface area contributed by atoms with Gasteiger partial charge in [0, 0.05) is 5.39 Å². The highest BCUT2D eigenvalue weighted by Gasteiger charge is 2.12. The van der Waals surface area contributed by atoms with Crippen LogP contribution < -0.4 is 11.5 Å². The molecule has 0 atom stereocenters. The number of furan rings is 1. The number of hydrogen-bond donors (Lipinski definition) is 2. The van der Waals surface area contributed by atoms with Gasteiger partial charge < -0.3 is 20.6 Å². The van der Waals surface area contributed by atoms with Crippen molar-refractivity contribution in [1.82, 2.24) is 0 Å². The molecule has 0 saturated carbocycles. The minimum absolute atomic E-state index is 0.116. The predicted molar refractivity (Wildman–Crippen MR) is 75.6 cm³/mol. The summed E-state index contributed by atoms with van der Waals surface area (Å²) in [5, 5.41) is 7.98. The number of benzene rings is 1. The minimum Gasteiger partial charge on any atom is -0.460 e. The first kappa shape index (κ1) is 13.6. The number of nitrogens with zero attached hydrogens (tertiary/aromatic N) is 2. The van der Waals surface area contributed by atoms with Gasteiger partial charge in [-0.2, -0.15) is 5.10 Å². The van der Waals surface area contributed by atoms with Crippen molar-refractivity contribution < 1.29 is 13.9 Å². The van der Waals surface area contributed by atoms with Crippen LogP contribution >= 0.6 is 0 Å². The van der Waals surface area contributed by atoms with Gasteiger partial charge in [-0.25, -0.2) is 4.79 Å². The Balaban J connectivity index is 2.28. The maximum Gasteiger partial charge on any atom is 0.374 e. The Hall–Kier alpha value is -2.83. The van der Waals surface area contributed by atoms with Gasteiger partial charge in [-0.15, -0.1) is 5.10 Å². The lowest BCUT2D eigenvalue weighted by molar-refractivity contribution is 0.0492. The lowest BCUT2D eigenvalue weighted by Crippen LogP contribution is -2.21. The number of carbonyl (C=O) groups is 1. The van der Waals surface area contributed by atoms with E-state index in [4.69, 9.17) is 20.6 Å². The molecule has 0 unspecified atom stereocenters. The monoisotopic (exact) mass is 274 g/mol. The van der Waals surface area contributed by atoms with Crippen LogP contribution in [-0.4, -0.2) is 24.8 Å². The Bertz CT molecular complexity index is 684. The van der Waals surface area contributed by atoms with Crippen molar-refractivity contribution in [2.24, 2.45) is 21.7 Å². The zero-order valence-electron chi connectivity index (χ0n) is 10.9. The SMILES string of the molecule is CCOC(=O)c1cc2cc(C=NN=C(N)N)ccc2o1. The fraction of sp³-hybridized carbons (Fsp3) is 0.154. The first-order valence-corrected chi connectivity index (χ1v) is 5.93. The van der Waals surface area contributed by atoms with Gasteiger partial charge in [-0.3, -0.25) is 0 Å². The first-order chi connectivity index (χ1) is 9.60. The highest BCUT2D eigenvalue weighted by Crippen LogP contribution is 2.21. The molecule has 0 amide bonds. The highest BCUT2D eigenvalue weighted by molar-refractivity contribution is 5.94. The van der Waals surface area contributed by atoms with Crippen LogP contribution in [0.1, 0.15) is 23.0 Å². The van der Waals surface area contributed by atoms with E-state index in [2.05, 4.69) is 10.2 Å². The second kappa shape index (κ2) is 5.87. The van der Waals surface area contributed by atoms with Gasteiger partial charge in [-0.05, 0) is 36.8 Å². The molecule has 2 rings (SSSR count). The molecule has 4 N–H and O–H groups in total. The third-order valence-electron chi connectivity index (χ3n) is 2.40. The van der Waals surface area contributed by atoms with Crippen LogP contribution in [0.2, 0.25) is 0 Å². The second-order valence-corrected chi connectivity index (χ2v) is 3.90. The number of fused-ring (bicyclic) bond motifs is 1. The number of esters is 1. The number of nitrogens with two attached hydrogens (primary N) is 2. The van der Waals surface area contributed by atoms with Gasteiger partial charge in [0.2, 0.25) is 11.7 Å². The zero-order valence-corrected chi connectivity index (χ0v) is 10.9. The van der Waals surface area contributed by atoms with Gasteiger partial charge >= 0.3 is 5.97 Å². The van der Waals surface area contributed by atoms with E-state index in [1.54, 1.807) is 31.2 Å². The third-order valence-corrected chi connectivity index (χ3v) is 2.40. The van der Waals surface area contributed by atoms with Crippen LogP contribution in [0.15, 0.2) is 38.9 Å². The van der Waals surface area contributed by atoms with Crippen molar-refractivity contribution in [2.45, 2.75) is 6.92 Å². The number of ether oxygens (including phenoxy) is 1. The maximum absolute atomic E-state index is 11.6. The van der Waals surface area contributed by atoms with Gasteiger partial charge in [0.1, 0.15) is 5.58 Å². The van der Waals surface area contributed by atoms with E-state index >= 15 is 0 Å². The summed E-state index contributed by atoms with van der Waals surface area (Å²) in [5.41, 5.74) is 11.7. The van der Waals surface area contributed by atoms with Crippen molar-refractivity contribution in [3.63, 3.8) is 0 Å². The van der Waals surface area contributed by atoms with E-state index < -0.39 is 5.97 Å². The van der Waals surface area contributed by atoms with Crippen molar-refractivity contribution in [1.29, 1.82) is 0 Å². The van der Waals surface area contributed by atoms with E-state index in [9.17, 15) is 4.79 Å². The number of guanidine groups is 1. The summed E-state index contributed by atoms with van der Waals surface area (Å²) in [7, 11) is 0. The van der Waals surface area contributed by atoms with Crippen LogP contribution in [0.3, 0.4) is 0 Å². The molecule has 1 heterocycles. The fourth-order valence-electron chi connectivity index (χ4n) is 1.61. The Morgan fingerprint density at radius 3 is 2.90 bits per heavy atom. The molecular weight excluding hydrogens is 260 g/mol. The summed E-state index contributed by atoms with van der Waals surface area (Å²) in [6.45, 7) is 2.03. The zero-order chi connectivity index (χ0) is 14.5. The molecule has 0 spiro atoms. The molecule has 7 nitrogen and oxygen atoms in total. The molecule has 0 aliphatic heterocycles. The Kier molecular flexibility index (Phi) is 3.99. The van der Waals surface area contributed by atoms with Gasteiger partial charge in [0.15, 0.2) is 0 Å². The summed E-state index contributed by atoms with van der Waals surface area (Å²) in [5.74, 6) is -0.435. The molecule has 7 heteroatoms. The molecule has 104 valence electrons. The summed E-state index contributed by atoms with van der Waals surface area (Å²) in [4.78, 5) is 11.6. The van der Waals surface area contributed by atoms with E-state index in [-0.39, 0.29) is 11.7 Å². The smallest absolute Gasteiger partial charge is 0.374 e. The van der Waals surface area contributed by atoms with Gasteiger partial charge in [-0.1, -0.05) is 0 Å². The molecule has 0 bridgehead atoms. The number of rotatable bonds is 4. The van der Waals surface area contributed by atoms with Crippen LogP contribution in [0.5, 0.6) is 0 Å². The molecule has 0 fully saturated rings. The molecular formula is C13H14N4O3. The van der Waals surface area contributed by atoms with Crippen molar-refractivity contribution in [2.75, 3.05) is 6.61 Å². The lowest BCUT2D eigenvalue weighted by atomic mass is 10.2. The molecule has 0 aliphatic rings. The average Bonchev–Trinajstić information content (AvgIpc) is 2.81. The molecule has 2 aromatic rings. The summed E-state index contributed by atoms with van der Waals surface area (Å²) in [6.07, 6.45) is 1.50. The van der Waals surface area contributed by atoms with E-state index in [1.165, 1.54) is 6.21 Å². The standard InChI is InChI=1S/C13H14N4O3/c1-2-19-12(18)11-6-9-5-8(3-4-10(9)20-11)7-16-17-13(14)15/h3-7H,2H2,1H3,(H4,14,15,17). The second-order valence-electron chi connectivity index (χ2n) is 3.90. The molecule has 0 saturated heterocycles. The Labute approximate surface area is 114 Å². The predicted octanol–water partition coefficient (Wildman–Crippen LogP) is 1.22. The van der Waals surface area contributed by atoms with Crippen LogP contribution in [0, 0.1) is 0 Å². The van der Waals surface area contributed by atoms with E-state index in [1.807, 2.05) is 0 Å². The topological polar surface area (TPSA) is 116 Å². The van der Waals surface area contributed by atoms with E-state index in [0.717, 1.165) is 10.9 Å². The average molecular weight is 274 g/mol. The molecule has 1 aromatic heterocycles. The Morgan fingerprint density at radius 1 is 1.40 bits per heavy atom. The summed E-state index contributed by atoms with van der Waals surface area (Å²) < 4.78 is 10.3. The minimum atomic E-state index is -0.487. The van der Waals surface area contributed by atoms with Crippen molar-refractivity contribution in [3.8, 4) is 0 Å². The van der Waals surface area contributed by atoms with Crippen LogP contribution in [0.4, 0.5) is 0 Å². The molecule has 0 radical (unpaired) electrons. The number of hydrogen-bond acceptors (Lipinski definition) is 5. The highest BCUT2D eigenvalue weighted by atomic mass is 16.5. The van der Waals surface area contributed by atoms with Gasteiger partial charge in [0.05, 0.1) is 12.8 Å².